The second-order valence-electron chi connectivity index (χ2n) is 7.74. The molecule has 0 bridgehead atoms. The molecular weight excluding hydrogens is 432 g/mol. The van der Waals surface area contributed by atoms with Gasteiger partial charge in [-0.3, -0.25) is 9.59 Å². The number of ether oxygens (including phenoxy) is 1. The first-order chi connectivity index (χ1) is 14.8. The van der Waals surface area contributed by atoms with E-state index in [4.69, 9.17) is 4.74 Å². The number of carbonyl (C=O) groups is 2. The van der Waals surface area contributed by atoms with Crippen molar-refractivity contribution in [1.82, 2.24) is 14.9 Å². The van der Waals surface area contributed by atoms with Crippen molar-refractivity contribution in [1.29, 1.82) is 0 Å². The summed E-state index contributed by atoms with van der Waals surface area (Å²) in [6.07, 6.45) is 5.03. The number of benzene rings is 1. The average Bonchev–Trinajstić information content (AvgIpc) is 3.02. The van der Waals surface area contributed by atoms with E-state index in [1.165, 1.54) is 0 Å². The molecule has 2 amide bonds. The van der Waals surface area contributed by atoms with Crippen LogP contribution in [0.1, 0.15) is 44.9 Å². The van der Waals surface area contributed by atoms with Crippen LogP contribution in [0.3, 0.4) is 0 Å². The number of rotatable bonds is 5. The third-order valence-electron chi connectivity index (χ3n) is 5.47. The van der Waals surface area contributed by atoms with Crippen LogP contribution in [0.25, 0.3) is 0 Å². The lowest BCUT2D eigenvalue weighted by Gasteiger charge is -2.34. The van der Waals surface area contributed by atoms with Crippen LogP contribution >= 0.6 is 0 Å². The standard InChI is InChI=1S/C20H27F2N3O5S/c21-14-8-9-16(22)17(12-14)31(28,29)25-10-5-11-30-18(25)13-23-19(26)20(27)24-15-6-3-1-2-4-7-15/h8-9,12,15,18H,1-7,10-11,13H2,(H,23,26)(H,24,27)/t18-/m0/s1. The Balaban J connectivity index is 1.63. The summed E-state index contributed by atoms with van der Waals surface area (Å²) in [6.45, 7) is -0.0629. The predicted octanol–water partition coefficient (Wildman–Crippen LogP) is 1.66. The number of hydrogen-bond acceptors (Lipinski definition) is 5. The highest BCUT2D eigenvalue weighted by Gasteiger charge is 2.36. The summed E-state index contributed by atoms with van der Waals surface area (Å²) in [7, 11) is -4.42. The van der Waals surface area contributed by atoms with Crippen molar-refractivity contribution in [2.24, 2.45) is 0 Å². The fourth-order valence-corrected chi connectivity index (χ4v) is 5.48. The SMILES string of the molecule is O=C(NC[C@@H]1OCCCN1S(=O)(=O)c1cc(F)ccc1F)C(=O)NC1CCCCCC1. The minimum absolute atomic E-state index is 0.00704. The number of sulfonamides is 1. The van der Waals surface area contributed by atoms with Gasteiger partial charge in [0.05, 0.1) is 13.2 Å². The molecule has 2 N–H and O–H groups in total. The molecule has 172 valence electrons. The molecule has 2 aliphatic rings. The molecule has 1 aromatic rings. The van der Waals surface area contributed by atoms with Gasteiger partial charge in [0.15, 0.2) is 0 Å². The molecule has 0 radical (unpaired) electrons. The van der Waals surface area contributed by atoms with Crippen molar-refractivity contribution in [2.45, 2.75) is 62.1 Å². The highest BCUT2D eigenvalue weighted by molar-refractivity contribution is 7.89. The lowest BCUT2D eigenvalue weighted by Crippen LogP contribution is -2.53. The summed E-state index contributed by atoms with van der Waals surface area (Å²) in [5, 5.41) is 5.10. The van der Waals surface area contributed by atoms with E-state index in [-0.39, 0.29) is 25.7 Å². The molecule has 0 spiro atoms. The Morgan fingerprint density at radius 3 is 2.48 bits per heavy atom. The summed E-state index contributed by atoms with van der Waals surface area (Å²) >= 11 is 0. The molecule has 1 saturated carbocycles. The Bertz CT molecular complexity index is 904. The maximum atomic E-state index is 14.1. The van der Waals surface area contributed by atoms with Crippen molar-refractivity contribution in [2.75, 3.05) is 19.7 Å². The summed E-state index contributed by atoms with van der Waals surface area (Å²) in [4.78, 5) is 23.6. The first-order valence-corrected chi connectivity index (χ1v) is 11.9. The van der Waals surface area contributed by atoms with Gasteiger partial charge in [0, 0.05) is 12.6 Å². The molecule has 1 aliphatic carbocycles. The maximum Gasteiger partial charge on any atom is 0.309 e. The number of carbonyl (C=O) groups excluding carboxylic acids is 2. The van der Waals surface area contributed by atoms with Gasteiger partial charge in [0.1, 0.15) is 22.8 Å². The Morgan fingerprint density at radius 1 is 1.06 bits per heavy atom. The molecule has 1 aromatic carbocycles. The van der Waals surface area contributed by atoms with Crippen LogP contribution in [-0.4, -0.2) is 56.5 Å². The second kappa shape index (κ2) is 10.5. The van der Waals surface area contributed by atoms with Crippen LogP contribution in [0.15, 0.2) is 23.1 Å². The monoisotopic (exact) mass is 459 g/mol. The van der Waals surface area contributed by atoms with Crippen molar-refractivity contribution >= 4 is 21.8 Å². The molecule has 1 heterocycles. The predicted molar refractivity (Wildman–Crippen MR) is 107 cm³/mol. The Kier molecular flexibility index (Phi) is 7.95. The van der Waals surface area contributed by atoms with E-state index < -0.39 is 44.6 Å². The second-order valence-corrected chi connectivity index (χ2v) is 9.60. The van der Waals surface area contributed by atoms with Crippen molar-refractivity contribution in [3.05, 3.63) is 29.8 Å². The smallest absolute Gasteiger partial charge is 0.309 e. The van der Waals surface area contributed by atoms with E-state index in [0.717, 1.165) is 55.0 Å². The molecule has 11 heteroatoms. The topological polar surface area (TPSA) is 105 Å². The first-order valence-electron chi connectivity index (χ1n) is 10.5. The quantitative estimate of drug-likeness (QED) is 0.515. The lowest BCUT2D eigenvalue weighted by atomic mass is 10.1. The summed E-state index contributed by atoms with van der Waals surface area (Å²) in [5.74, 6) is -3.66. The van der Waals surface area contributed by atoms with Gasteiger partial charge in [-0.2, -0.15) is 4.31 Å². The normalized spacial score (nSPS) is 21.3. The maximum absolute atomic E-state index is 14.1. The lowest BCUT2D eigenvalue weighted by molar-refractivity contribution is -0.140. The number of nitrogens with zero attached hydrogens (tertiary/aromatic N) is 1. The zero-order valence-electron chi connectivity index (χ0n) is 17.1. The molecule has 1 atom stereocenters. The Morgan fingerprint density at radius 2 is 1.77 bits per heavy atom. The molecule has 1 aliphatic heterocycles. The van der Waals surface area contributed by atoms with Gasteiger partial charge in [-0.05, 0) is 37.5 Å². The minimum atomic E-state index is -4.42. The van der Waals surface area contributed by atoms with Crippen molar-refractivity contribution in [3.63, 3.8) is 0 Å². The first kappa shape index (κ1) is 23.6. The molecule has 1 saturated heterocycles. The number of hydrogen-bond donors (Lipinski definition) is 2. The number of halogens is 2. The third kappa shape index (κ3) is 5.98. The van der Waals surface area contributed by atoms with Gasteiger partial charge < -0.3 is 15.4 Å². The van der Waals surface area contributed by atoms with Gasteiger partial charge in [-0.25, -0.2) is 17.2 Å². The molecule has 8 nitrogen and oxygen atoms in total. The van der Waals surface area contributed by atoms with Gasteiger partial charge in [-0.1, -0.05) is 25.7 Å². The summed E-state index contributed by atoms with van der Waals surface area (Å²) in [5.41, 5.74) is 0. The number of nitrogens with one attached hydrogen (secondary N) is 2. The van der Waals surface area contributed by atoms with E-state index in [0.29, 0.717) is 12.5 Å². The third-order valence-corrected chi connectivity index (χ3v) is 7.37. The zero-order valence-corrected chi connectivity index (χ0v) is 17.9. The minimum Gasteiger partial charge on any atom is -0.360 e. The van der Waals surface area contributed by atoms with Crippen LogP contribution in [-0.2, 0) is 24.3 Å². The van der Waals surface area contributed by atoms with Gasteiger partial charge in [0.2, 0.25) is 10.0 Å². The van der Waals surface area contributed by atoms with Gasteiger partial charge in [-0.15, -0.1) is 0 Å². The zero-order chi connectivity index (χ0) is 22.4. The van der Waals surface area contributed by atoms with Crippen LogP contribution in [0.4, 0.5) is 8.78 Å². The van der Waals surface area contributed by atoms with E-state index >= 15 is 0 Å². The van der Waals surface area contributed by atoms with E-state index in [2.05, 4.69) is 10.6 Å². The fraction of sp³-hybridized carbons (Fsp3) is 0.600. The number of amides is 2. The molecule has 0 aromatic heterocycles. The largest absolute Gasteiger partial charge is 0.360 e. The molecule has 2 fully saturated rings. The Hall–Kier alpha value is -2.11. The van der Waals surface area contributed by atoms with E-state index in [1.807, 2.05) is 0 Å². The molecule has 3 rings (SSSR count). The van der Waals surface area contributed by atoms with Crippen LogP contribution in [0, 0.1) is 11.6 Å². The molecular formula is C20H27F2N3O5S. The average molecular weight is 460 g/mol. The van der Waals surface area contributed by atoms with E-state index in [9.17, 15) is 26.8 Å². The van der Waals surface area contributed by atoms with Crippen LogP contribution < -0.4 is 10.6 Å². The van der Waals surface area contributed by atoms with E-state index in [1.54, 1.807) is 0 Å². The van der Waals surface area contributed by atoms with Crippen molar-refractivity contribution < 1.29 is 31.5 Å². The summed E-state index contributed by atoms with van der Waals surface area (Å²) < 4.78 is 59.7. The fourth-order valence-electron chi connectivity index (χ4n) is 3.84. The molecule has 0 unspecified atom stereocenters. The van der Waals surface area contributed by atoms with Gasteiger partial charge >= 0.3 is 11.8 Å². The highest BCUT2D eigenvalue weighted by Crippen LogP contribution is 2.25. The molecule has 31 heavy (non-hydrogen) atoms. The van der Waals surface area contributed by atoms with Crippen LogP contribution in [0.2, 0.25) is 0 Å². The van der Waals surface area contributed by atoms with Crippen LogP contribution in [0.5, 0.6) is 0 Å². The van der Waals surface area contributed by atoms with Gasteiger partial charge in [0.25, 0.3) is 0 Å². The highest BCUT2D eigenvalue weighted by atomic mass is 32.2. The Labute approximate surface area is 180 Å². The van der Waals surface area contributed by atoms with Crippen molar-refractivity contribution in [3.8, 4) is 0 Å². The summed E-state index contributed by atoms with van der Waals surface area (Å²) in [6, 6.07) is 2.11.